The van der Waals surface area contributed by atoms with Crippen LogP contribution in [-0.4, -0.2) is 42.3 Å². The highest BCUT2D eigenvalue weighted by atomic mass is 16.2. The van der Waals surface area contributed by atoms with Gasteiger partial charge in [0.2, 0.25) is 17.7 Å². The largest absolute Gasteiger partial charge is 0.347 e. The monoisotopic (exact) mass is 493 g/mol. The van der Waals surface area contributed by atoms with Gasteiger partial charge in [-0.15, -0.1) is 0 Å². The maximum Gasteiger partial charge on any atom is 0.243 e. The van der Waals surface area contributed by atoms with Crippen LogP contribution in [0, 0.1) is 17.3 Å². The first-order valence-electron chi connectivity index (χ1n) is 12.7. The molecular weight excluding hydrogens is 454 g/mol. The fourth-order valence-electron chi connectivity index (χ4n) is 4.20. The minimum absolute atomic E-state index is 0.0598. The molecular formula is C28H39N5O3. The molecule has 4 rings (SSSR count). The summed E-state index contributed by atoms with van der Waals surface area (Å²) in [5.74, 6) is 0.778. The molecule has 8 nitrogen and oxygen atoms in total. The zero-order valence-corrected chi connectivity index (χ0v) is 21.8. The summed E-state index contributed by atoms with van der Waals surface area (Å²) in [5.41, 5.74) is 2.26. The Bertz CT molecular complexity index is 1040. The Hall–Kier alpha value is -3.26. The number of carbonyl (C=O) groups is 3. The lowest BCUT2D eigenvalue weighted by molar-refractivity contribution is -0.130. The highest BCUT2D eigenvalue weighted by Crippen LogP contribution is 2.30. The van der Waals surface area contributed by atoms with E-state index < -0.39 is 5.41 Å². The maximum absolute atomic E-state index is 12.5. The first-order chi connectivity index (χ1) is 17.1. The molecule has 0 saturated carbocycles. The molecule has 8 heteroatoms. The van der Waals surface area contributed by atoms with Gasteiger partial charge in [0.25, 0.3) is 0 Å². The summed E-state index contributed by atoms with van der Waals surface area (Å²) >= 11 is 0. The number of hydrogen-bond donors (Lipinski definition) is 4. The van der Waals surface area contributed by atoms with E-state index in [4.69, 9.17) is 0 Å². The Labute approximate surface area is 214 Å². The number of nitrogens with one attached hydrogen (secondary N) is 4. The molecule has 1 aliphatic heterocycles. The van der Waals surface area contributed by atoms with E-state index in [2.05, 4.69) is 33.2 Å². The molecule has 0 radical (unpaired) electrons. The lowest BCUT2D eigenvalue weighted by Crippen LogP contribution is -2.39. The average Bonchev–Trinajstić information content (AvgIpc) is 3.27. The minimum atomic E-state index is -0.543. The van der Waals surface area contributed by atoms with Crippen molar-refractivity contribution in [1.29, 1.82) is 0 Å². The van der Waals surface area contributed by atoms with Crippen molar-refractivity contribution >= 4 is 29.2 Å². The normalized spacial score (nSPS) is 18.8. The first kappa shape index (κ1) is 27.3. The van der Waals surface area contributed by atoms with E-state index in [1.165, 1.54) is 25.9 Å². The summed E-state index contributed by atoms with van der Waals surface area (Å²) in [5, 5.41) is 11.6. The topological polar surface area (TPSA) is 112 Å². The van der Waals surface area contributed by atoms with Crippen LogP contribution in [0.25, 0.3) is 0 Å². The van der Waals surface area contributed by atoms with Gasteiger partial charge in [-0.05, 0) is 80.1 Å². The third-order valence-corrected chi connectivity index (χ3v) is 6.34. The van der Waals surface area contributed by atoms with Crippen molar-refractivity contribution in [3.05, 3.63) is 53.7 Å². The molecule has 2 atom stereocenters. The van der Waals surface area contributed by atoms with Crippen LogP contribution in [0.3, 0.4) is 0 Å². The lowest BCUT2D eigenvalue weighted by Gasteiger charge is -2.17. The Morgan fingerprint density at radius 1 is 1.06 bits per heavy atom. The van der Waals surface area contributed by atoms with E-state index in [1.54, 1.807) is 39.1 Å². The van der Waals surface area contributed by atoms with E-state index in [0.717, 1.165) is 17.0 Å². The Balaban J connectivity index is 0.000000444. The number of aromatic nitrogens is 1. The van der Waals surface area contributed by atoms with Crippen LogP contribution >= 0.6 is 0 Å². The Morgan fingerprint density at radius 2 is 1.83 bits per heavy atom. The molecule has 2 heterocycles. The first-order valence-corrected chi connectivity index (χ1v) is 12.7. The van der Waals surface area contributed by atoms with Gasteiger partial charge in [-0.25, -0.2) is 4.98 Å². The molecule has 1 aliphatic carbocycles. The van der Waals surface area contributed by atoms with Crippen LogP contribution in [0.5, 0.6) is 0 Å². The van der Waals surface area contributed by atoms with Gasteiger partial charge in [0.05, 0.1) is 6.54 Å². The molecule has 2 aliphatic rings. The molecule has 2 aromatic rings. The molecule has 4 N–H and O–H groups in total. The van der Waals surface area contributed by atoms with Gasteiger partial charge in [-0.2, -0.15) is 0 Å². The minimum Gasteiger partial charge on any atom is -0.347 e. The molecule has 1 fully saturated rings. The number of piperidine rings is 1. The van der Waals surface area contributed by atoms with Gasteiger partial charge in [-0.3, -0.25) is 14.4 Å². The van der Waals surface area contributed by atoms with Gasteiger partial charge >= 0.3 is 0 Å². The number of pyridine rings is 1. The van der Waals surface area contributed by atoms with E-state index in [9.17, 15) is 14.4 Å². The number of nitrogens with zero attached hydrogens (tertiary/aromatic N) is 1. The van der Waals surface area contributed by atoms with Crippen molar-refractivity contribution in [2.24, 2.45) is 17.3 Å². The molecule has 1 aromatic carbocycles. The maximum atomic E-state index is 12.5. The Kier molecular flexibility index (Phi) is 9.58. The molecule has 194 valence electrons. The number of carbonyl (C=O) groups excluding carboxylic acids is 3. The SMILES string of the molecule is CC(C)(C)C(=O)NCC(=O)Nc1ccc2c(c1)C[C@H](C(=O)Nc1ccccn1)C2.C[C@H]1CCCNC1. The van der Waals surface area contributed by atoms with Gasteiger partial charge < -0.3 is 21.3 Å². The van der Waals surface area contributed by atoms with Crippen molar-refractivity contribution in [2.75, 3.05) is 30.3 Å². The Morgan fingerprint density at radius 3 is 2.44 bits per heavy atom. The van der Waals surface area contributed by atoms with Crippen LogP contribution in [0.4, 0.5) is 11.5 Å². The molecule has 0 bridgehead atoms. The predicted molar refractivity (Wildman–Crippen MR) is 143 cm³/mol. The summed E-state index contributed by atoms with van der Waals surface area (Å²) in [6.07, 6.45) is 5.70. The third-order valence-electron chi connectivity index (χ3n) is 6.34. The quantitative estimate of drug-likeness (QED) is 0.509. The number of fused-ring (bicyclic) bond motifs is 1. The summed E-state index contributed by atoms with van der Waals surface area (Å²) in [4.78, 5) is 40.6. The second kappa shape index (κ2) is 12.6. The molecule has 1 aromatic heterocycles. The molecule has 1 saturated heterocycles. The summed E-state index contributed by atoms with van der Waals surface area (Å²) in [6.45, 7) is 10.1. The highest BCUT2D eigenvalue weighted by molar-refractivity contribution is 5.95. The molecule has 0 spiro atoms. The van der Waals surface area contributed by atoms with E-state index in [0.29, 0.717) is 24.3 Å². The van der Waals surface area contributed by atoms with E-state index in [1.807, 2.05) is 24.3 Å². The molecule has 3 amide bonds. The summed E-state index contributed by atoms with van der Waals surface area (Å²) < 4.78 is 0. The van der Waals surface area contributed by atoms with Crippen molar-refractivity contribution in [3.8, 4) is 0 Å². The van der Waals surface area contributed by atoms with Crippen LogP contribution in [-0.2, 0) is 27.2 Å². The lowest BCUT2D eigenvalue weighted by atomic mass is 9.96. The van der Waals surface area contributed by atoms with E-state index >= 15 is 0 Å². The number of amides is 3. The van der Waals surface area contributed by atoms with Crippen molar-refractivity contribution in [1.82, 2.24) is 15.6 Å². The molecule has 0 unspecified atom stereocenters. The fourth-order valence-corrected chi connectivity index (χ4v) is 4.20. The zero-order chi connectivity index (χ0) is 26.1. The highest BCUT2D eigenvalue weighted by Gasteiger charge is 2.28. The fraction of sp³-hybridized carbons (Fsp3) is 0.500. The van der Waals surface area contributed by atoms with Gasteiger partial charge in [0.1, 0.15) is 5.82 Å². The summed E-state index contributed by atoms with van der Waals surface area (Å²) in [7, 11) is 0. The van der Waals surface area contributed by atoms with Gasteiger partial charge in [0.15, 0.2) is 0 Å². The average molecular weight is 494 g/mol. The standard InChI is InChI=1S/C22H26N4O3.C6H13N/c1-22(2,3)21(29)24-13-19(27)25-17-8-7-14-10-16(11-15(14)12-17)20(28)26-18-6-4-5-9-23-18;1-6-3-2-4-7-5-6/h4-9,12,16H,10-11,13H2,1-3H3,(H,24,29)(H,25,27)(H,23,26,28);6-7H,2-5H2,1H3/t16-;6-/m10/s1. The zero-order valence-electron chi connectivity index (χ0n) is 21.8. The van der Waals surface area contributed by atoms with Crippen LogP contribution in [0.1, 0.15) is 51.7 Å². The number of rotatable bonds is 5. The smallest absolute Gasteiger partial charge is 0.243 e. The second-order valence-corrected chi connectivity index (χ2v) is 10.7. The summed E-state index contributed by atoms with van der Waals surface area (Å²) in [6, 6.07) is 11.0. The third kappa shape index (κ3) is 8.45. The van der Waals surface area contributed by atoms with Crippen molar-refractivity contribution < 1.29 is 14.4 Å². The van der Waals surface area contributed by atoms with Gasteiger partial charge in [-0.1, -0.05) is 39.8 Å². The number of benzene rings is 1. The second-order valence-electron chi connectivity index (χ2n) is 10.7. The predicted octanol–water partition coefficient (Wildman–Crippen LogP) is 3.54. The number of hydrogen-bond acceptors (Lipinski definition) is 5. The van der Waals surface area contributed by atoms with E-state index in [-0.39, 0.29) is 30.2 Å². The number of anilines is 2. The van der Waals surface area contributed by atoms with Crippen molar-refractivity contribution in [3.63, 3.8) is 0 Å². The molecule has 36 heavy (non-hydrogen) atoms. The van der Waals surface area contributed by atoms with Crippen LogP contribution in [0.2, 0.25) is 0 Å². The van der Waals surface area contributed by atoms with Gasteiger partial charge in [0, 0.05) is 23.2 Å². The van der Waals surface area contributed by atoms with Crippen LogP contribution in [0.15, 0.2) is 42.6 Å². The van der Waals surface area contributed by atoms with Crippen molar-refractivity contribution in [2.45, 2.75) is 53.4 Å². The van der Waals surface area contributed by atoms with Crippen LogP contribution < -0.4 is 21.3 Å².